The SMILES string of the molecule is Cn1cc2c(F)cc(NC(=O)c3ccc(N4CCN(C(=O)OC(C)(C)C)CC4)c4ccnnc34)cc2n1. The van der Waals surface area contributed by atoms with Crippen LogP contribution >= 0.6 is 0 Å². The van der Waals surface area contributed by atoms with Gasteiger partial charge < -0.3 is 19.9 Å². The molecule has 0 unspecified atom stereocenters. The van der Waals surface area contributed by atoms with Crippen molar-refractivity contribution < 1.29 is 18.7 Å². The summed E-state index contributed by atoms with van der Waals surface area (Å²) in [5, 5.41) is 16.4. The summed E-state index contributed by atoms with van der Waals surface area (Å²) in [5.41, 5.74) is 1.85. The molecule has 0 radical (unpaired) electrons. The Bertz CT molecular complexity index is 1500. The lowest BCUT2D eigenvalue weighted by Gasteiger charge is -2.37. The molecule has 5 rings (SSSR count). The molecular weight excluding hydrogens is 477 g/mol. The second kappa shape index (κ2) is 9.30. The minimum absolute atomic E-state index is 0.299. The number of halogens is 1. The highest BCUT2D eigenvalue weighted by Crippen LogP contribution is 2.30. The van der Waals surface area contributed by atoms with Crippen LogP contribution in [0.15, 0.2) is 42.7 Å². The molecule has 2 aromatic heterocycles. The van der Waals surface area contributed by atoms with E-state index in [1.165, 1.54) is 10.7 Å². The summed E-state index contributed by atoms with van der Waals surface area (Å²) in [6.07, 6.45) is 2.84. The zero-order valence-corrected chi connectivity index (χ0v) is 21.2. The number of rotatable bonds is 3. The largest absolute Gasteiger partial charge is 0.444 e. The van der Waals surface area contributed by atoms with E-state index in [1.54, 1.807) is 36.5 Å². The van der Waals surface area contributed by atoms with Crippen LogP contribution in [0.2, 0.25) is 0 Å². The lowest BCUT2D eigenvalue weighted by atomic mass is 10.1. The number of hydrogen-bond donors (Lipinski definition) is 1. The molecule has 3 heterocycles. The Kier molecular flexibility index (Phi) is 6.14. The predicted octanol–water partition coefficient (Wildman–Crippen LogP) is 3.97. The quantitative estimate of drug-likeness (QED) is 0.449. The number of piperazine rings is 1. The van der Waals surface area contributed by atoms with E-state index < -0.39 is 17.3 Å². The van der Waals surface area contributed by atoms with E-state index in [-0.39, 0.29) is 6.09 Å². The van der Waals surface area contributed by atoms with E-state index in [0.29, 0.717) is 53.8 Å². The van der Waals surface area contributed by atoms with Crippen molar-refractivity contribution in [1.82, 2.24) is 24.9 Å². The van der Waals surface area contributed by atoms with Crippen molar-refractivity contribution in [2.45, 2.75) is 26.4 Å². The molecule has 11 heteroatoms. The molecule has 192 valence electrons. The van der Waals surface area contributed by atoms with Crippen molar-refractivity contribution in [3.63, 3.8) is 0 Å². The first-order valence-corrected chi connectivity index (χ1v) is 12.0. The molecule has 2 aromatic carbocycles. The molecule has 37 heavy (non-hydrogen) atoms. The summed E-state index contributed by atoms with van der Waals surface area (Å²) in [7, 11) is 1.71. The summed E-state index contributed by atoms with van der Waals surface area (Å²) >= 11 is 0. The highest BCUT2D eigenvalue weighted by Gasteiger charge is 2.27. The van der Waals surface area contributed by atoms with Gasteiger partial charge in [-0.1, -0.05) is 0 Å². The summed E-state index contributed by atoms with van der Waals surface area (Å²) in [6.45, 7) is 7.77. The van der Waals surface area contributed by atoms with Crippen LogP contribution < -0.4 is 10.2 Å². The molecule has 0 saturated carbocycles. The molecule has 0 spiro atoms. The number of ether oxygens (including phenoxy) is 1. The van der Waals surface area contributed by atoms with Crippen LogP contribution in [0.25, 0.3) is 21.8 Å². The smallest absolute Gasteiger partial charge is 0.410 e. The maximum absolute atomic E-state index is 14.5. The first-order chi connectivity index (χ1) is 17.6. The van der Waals surface area contributed by atoms with Crippen molar-refractivity contribution >= 4 is 45.2 Å². The molecule has 4 aromatic rings. The van der Waals surface area contributed by atoms with Gasteiger partial charge in [0.2, 0.25) is 0 Å². The van der Waals surface area contributed by atoms with Crippen molar-refractivity contribution in [2.24, 2.45) is 7.05 Å². The van der Waals surface area contributed by atoms with E-state index in [2.05, 4.69) is 25.5 Å². The number of aromatic nitrogens is 4. The second-order valence-electron chi connectivity index (χ2n) is 10.0. The molecule has 2 amide bonds. The van der Waals surface area contributed by atoms with E-state index in [9.17, 15) is 14.0 Å². The van der Waals surface area contributed by atoms with Gasteiger partial charge in [0.05, 0.1) is 22.7 Å². The average molecular weight is 506 g/mol. The molecule has 1 fully saturated rings. The molecule has 1 aliphatic heterocycles. The van der Waals surface area contributed by atoms with Gasteiger partial charge in [-0.05, 0) is 51.1 Å². The Morgan fingerprint density at radius 1 is 1.05 bits per heavy atom. The van der Waals surface area contributed by atoms with Gasteiger partial charge in [0.15, 0.2) is 0 Å². The third-order valence-corrected chi connectivity index (χ3v) is 6.12. The molecule has 10 nitrogen and oxygen atoms in total. The molecular formula is C26H28FN7O3. The third kappa shape index (κ3) is 5.02. The number of amides is 2. The van der Waals surface area contributed by atoms with Crippen LogP contribution in [0.5, 0.6) is 0 Å². The number of carbonyl (C=O) groups is 2. The van der Waals surface area contributed by atoms with E-state index >= 15 is 0 Å². The summed E-state index contributed by atoms with van der Waals surface area (Å²) < 4.78 is 21.5. The predicted molar refractivity (Wildman–Crippen MR) is 138 cm³/mol. The molecule has 1 aliphatic rings. The monoisotopic (exact) mass is 505 g/mol. The molecule has 0 atom stereocenters. The molecule has 0 aliphatic carbocycles. The Balaban J connectivity index is 1.37. The number of aryl methyl sites for hydroxylation is 1. The van der Waals surface area contributed by atoms with Crippen molar-refractivity contribution in [1.29, 1.82) is 0 Å². The van der Waals surface area contributed by atoms with Crippen LogP contribution in [0.4, 0.5) is 20.6 Å². The van der Waals surface area contributed by atoms with Gasteiger partial charge in [-0.15, -0.1) is 5.10 Å². The Hall–Kier alpha value is -4.28. The Morgan fingerprint density at radius 2 is 1.81 bits per heavy atom. The lowest BCUT2D eigenvalue weighted by molar-refractivity contribution is 0.0240. The van der Waals surface area contributed by atoms with E-state index in [0.717, 1.165) is 11.1 Å². The normalized spacial score (nSPS) is 14.3. The highest BCUT2D eigenvalue weighted by atomic mass is 19.1. The fourth-order valence-electron chi connectivity index (χ4n) is 4.45. The Labute approximate surface area is 213 Å². The number of carbonyl (C=O) groups excluding carboxylic acids is 2. The zero-order chi connectivity index (χ0) is 26.3. The third-order valence-electron chi connectivity index (χ3n) is 6.12. The topological polar surface area (TPSA) is 105 Å². The van der Waals surface area contributed by atoms with Crippen LogP contribution in [0.1, 0.15) is 31.1 Å². The van der Waals surface area contributed by atoms with Gasteiger partial charge in [0, 0.05) is 56.2 Å². The highest BCUT2D eigenvalue weighted by molar-refractivity contribution is 6.14. The average Bonchev–Trinajstić information content (AvgIpc) is 3.23. The van der Waals surface area contributed by atoms with Crippen molar-refractivity contribution in [2.75, 3.05) is 36.4 Å². The second-order valence-corrected chi connectivity index (χ2v) is 10.0. The van der Waals surface area contributed by atoms with E-state index in [1.807, 2.05) is 32.9 Å². The van der Waals surface area contributed by atoms with Gasteiger partial charge in [0.25, 0.3) is 5.91 Å². The minimum atomic E-state index is -0.547. The Morgan fingerprint density at radius 3 is 2.54 bits per heavy atom. The number of nitrogens with zero attached hydrogens (tertiary/aromatic N) is 6. The number of fused-ring (bicyclic) bond motifs is 2. The lowest BCUT2D eigenvalue weighted by Crippen LogP contribution is -2.50. The van der Waals surface area contributed by atoms with E-state index in [4.69, 9.17) is 4.74 Å². The number of anilines is 2. The van der Waals surface area contributed by atoms with Crippen LogP contribution in [0.3, 0.4) is 0 Å². The van der Waals surface area contributed by atoms with Gasteiger partial charge in [-0.2, -0.15) is 10.2 Å². The fraction of sp³-hybridized carbons (Fsp3) is 0.346. The molecule has 1 N–H and O–H groups in total. The van der Waals surface area contributed by atoms with Gasteiger partial charge in [-0.25, -0.2) is 9.18 Å². The summed E-state index contributed by atoms with van der Waals surface area (Å²) in [6, 6.07) is 8.27. The first kappa shape index (κ1) is 24.4. The molecule has 0 bridgehead atoms. The van der Waals surface area contributed by atoms with Gasteiger partial charge >= 0.3 is 6.09 Å². The van der Waals surface area contributed by atoms with Crippen LogP contribution in [0, 0.1) is 5.82 Å². The fourth-order valence-corrected chi connectivity index (χ4v) is 4.45. The summed E-state index contributed by atoms with van der Waals surface area (Å²) in [4.78, 5) is 29.5. The van der Waals surface area contributed by atoms with Crippen molar-refractivity contribution in [3.8, 4) is 0 Å². The minimum Gasteiger partial charge on any atom is -0.444 e. The summed E-state index contributed by atoms with van der Waals surface area (Å²) in [5.74, 6) is -0.895. The van der Waals surface area contributed by atoms with Crippen molar-refractivity contribution in [3.05, 3.63) is 54.1 Å². The van der Waals surface area contributed by atoms with Crippen LogP contribution in [-0.2, 0) is 11.8 Å². The van der Waals surface area contributed by atoms with Crippen LogP contribution in [-0.4, -0.2) is 68.7 Å². The van der Waals surface area contributed by atoms with Gasteiger partial charge in [-0.3, -0.25) is 9.48 Å². The maximum Gasteiger partial charge on any atom is 0.410 e. The molecule has 1 saturated heterocycles. The zero-order valence-electron chi connectivity index (χ0n) is 21.2. The number of hydrogen-bond acceptors (Lipinski definition) is 7. The first-order valence-electron chi connectivity index (χ1n) is 12.0. The number of nitrogens with one attached hydrogen (secondary N) is 1. The maximum atomic E-state index is 14.5. The standard InChI is InChI=1S/C26H28FN7O3/c1-26(2,3)37-25(36)34-11-9-33(10-12-34)22-6-5-18(23-17(22)7-8-28-30-23)24(35)29-16-13-20(27)19-15-32(4)31-21(19)14-16/h5-8,13-15H,9-12H2,1-4H3,(H,29,35). The van der Waals surface area contributed by atoms with Gasteiger partial charge in [0.1, 0.15) is 16.9 Å². The number of benzene rings is 2.